The van der Waals surface area contributed by atoms with Crippen LogP contribution in [0.1, 0.15) is 154 Å². The van der Waals surface area contributed by atoms with Crippen LogP contribution in [-0.4, -0.2) is 276 Å². The lowest BCUT2D eigenvalue weighted by atomic mass is 9.74. The molecule has 3 heterocycles. The number of hydrogen-bond acceptors (Lipinski definition) is 14. The topological polar surface area (TPSA) is 289 Å². The summed E-state index contributed by atoms with van der Waals surface area (Å²) in [5.74, 6) is -15.7. The van der Waals surface area contributed by atoms with E-state index in [-0.39, 0.29) is 95.0 Å². The third-order valence-corrected chi connectivity index (χ3v) is 22.6. The molecule has 26 nitrogen and oxygen atoms in total. The number of carbonyl (C=O) groups excluding carboxylic acids is 12. The van der Waals surface area contributed by atoms with Crippen LogP contribution in [0, 0.1) is 29.4 Å². The first-order valence-corrected chi connectivity index (χ1v) is 39.0. The number of hydrogen-bond donors (Lipinski definition) is 3. The molecule has 0 aromatic heterocycles. The van der Waals surface area contributed by atoms with Crippen molar-refractivity contribution in [1.82, 2.24) is 60.0 Å². The van der Waals surface area contributed by atoms with Crippen LogP contribution in [0.2, 0.25) is 0 Å². The SMILES string of the molecule is C=CCC[C@H]1C(=O)N(CC(=C)C)[C@@H](Cc2ccc(C(F)(F)F)cc2)C(=O)N(C)CC(=O)N[C@@H](CCc2cc(F)c(C(F)(F)F)c(F)c2)C(=O)N2C[C@H](OCC)C[C@H]2C(=O)NC2(CCC2)C(=O)N(C)[C@@H](C2CCCC2)C(=O)N(C)[C@H](C(=O)N2CCOCC2)CC(=O)N(C)[C@@H](CC(C)C)C(=O)N[C@@H]([C@@H](C)CC)C(=O)N(C)CC(=O)N1C. The molecule has 0 radical (unpaired) electrons. The zero-order valence-electron chi connectivity index (χ0n) is 67.3. The van der Waals surface area contributed by atoms with Crippen molar-refractivity contribution in [2.45, 2.75) is 217 Å². The number of nitrogens with one attached hydrogen (secondary N) is 3. The first-order valence-electron chi connectivity index (χ1n) is 39.0. The number of rotatable bonds is 18. The Balaban J connectivity index is 1.39. The van der Waals surface area contributed by atoms with Gasteiger partial charge in [-0.1, -0.05) is 77.3 Å². The molecule has 2 aliphatic carbocycles. The highest BCUT2D eigenvalue weighted by atomic mass is 19.4. The van der Waals surface area contributed by atoms with E-state index in [1.54, 1.807) is 34.6 Å². The van der Waals surface area contributed by atoms with Gasteiger partial charge in [-0.25, -0.2) is 8.78 Å². The van der Waals surface area contributed by atoms with E-state index in [0.717, 1.165) is 65.6 Å². The molecule has 1 spiro atoms. The molecular formula is C80H112F8N12O14. The fourth-order valence-corrected chi connectivity index (χ4v) is 15.7. The monoisotopic (exact) mass is 1620 g/mol. The molecule has 114 heavy (non-hydrogen) atoms. The summed E-state index contributed by atoms with van der Waals surface area (Å²) < 4.78 is 126. The molecule has 12 amide bonds. The maximum Gasteiger partial charge on any atom is 0.422 e. The van der Waals surface area contributed by atoms with E-state index in [4.69, 9.17) is 9.47 Å². The zero-order chi connectivity index (χ0) is 84.8. The number of alkyl halides is 6. The Kier molecular flexibility index (Phi) is 32.3. The third kappa shape index (κ3) is 22.7. The predicted molar refractivity (Wildman–Crippen MR) is 403 cm³/mol. The standard InChI is InChI=1S/C80H112F8N12O14/c1-15-18-24-58-74(109)99(43-48(6)7)62(40-50-25-28-53(29-26-50)79(83,84)85)72(107)92(9)45-63(101)89-57(30-27-51-38-55(81)66(56(82)39-51)80(86,87)88)71(106)100-44-54(114-17-3)41-60(100)70(105)91-78(31-21-32-78)77(112)97(14)68(52-22-19-20-23-52)76(111)96(13)61(73(108)98-33-35-113-36-34-98)42-64(102)95(12)59(37-47(4)5)69(104)90-67(49(8)16-2)75(110)93(10)46-65(103)94(58)11/h15,25-26,28-29,38-39,47,49,52,54,57-62,67-68H,1,6,16-24,27,30-37,40-46H2,2-5,7-14H3,(H,89,101)(H,90,104)(H,91,105)/t49-,54+,57-,58-,59-,60-,61-,62-,67-,68-/m0/s1. The van der Waals surface area contributed by atoms with Gasteiger partial charge in [0.25, 0.3) is 0 Å². The van der Waals surface area contributed by atoms with Gasteiger partial charge in [0.15, 0.2) is 0 Å². The van der Waals surface area contributed by atoms with Gasteiger partial charge in [0, 0.05) is 87.9 Å². The Morgan fingerprint density at radius 2 is 1.31 bits per heavy atom. The molecule has 3 saturated heterocycles. The Hall–Kier alpha value is -9.08. The van der Waals surface area contributed by atoms with Crippen LogP contribution in [0.15, 0.2) is 61.2 Å². The van der Waals surface area contributed by atoms with Gasteiger partial charge >= 0.3 is 12.4 Å². The fourth-order valence-electron chi connectivity index (χ4n) is 15.7. The average molecular weight is 1620 g/mol. The summed E-state index contributed by atoms with van der Waals surface area (Å²) in [7, 11) is 7.80. The van der Waals surface area contributed by atoms with Crippen molar-refractivity contribution < 1.29 is 102 Å². The molecule has 3 N–H and O–H groups in total. The van der Waals surface area contributed by atoms with E-state index >= 15 is 51.9 Å². The Bertz CT molecular complexity index is 3810. The van der Waals surface area contributed by atoms with Gasteiger partial charge in [0.1, 0.15) is 71.1 Å². The molecule has 7 rings (SSSR count). The molecule has 2 aromatic carbocycles. The fraction of sp³-hybridized carbons (Fsp3) is 0.650. The van der Waals surface area contributed by atoms with Crippen molar-refractivity contribution in [3.8, 4) is 0 Å². The molecule has 10 atom stereocenters. The van der Waals surface area contributed by atoms with E-state index < -0.39 is 229 Å². The second-order valence-corrected chi connectivity index (χ2v) is 31.5. The smallest absolute Gasteiger partial charge is 0.378 e. The Labute approximate surface area is 661 Å². The van der Waals surface area contributed by atoms with Crippen LogP contribution in [0.5, 0.6) is 0 Å². The maximum absolute atomic E-state index is 15.8. The van der Waals surface area contributed by atoms with E-state index in [9.17, 15) is 40.7 Å². The Morgan fingerprint density at radius 1 is 0.702 bits per heavy atom. The molecule has 5 aliphatic rings. The van der Waals surface area contributed by atoms with Crippen LogP contribution in [-0.2, 0) is 92.2 Å². The number of nitrogens with zero attached hydrogens (tertiary/aromatic N) is 9. The lowest BCUT2D eigenvalue weighted by molar-refractivity contribution is -0.159. The highest BCUT2D eigenvalue weighted by Crippen LogP contribution is 2.40. The molecule has 0 bridgehead atoms. The number of amides is 12. The number of benzene rings is 2. The third-order valence-electron chi connectivity index (χ3n) is 22.6. The summed E-state index contributed by atoms with van der Waals surface area (Å²) in [6, 6.07) is -7.74. The van der Waals surface area contributed by atoms with Gasteiger partial charge in [-0.15, -0.1) is 6.58 Å². The molecule has 34 heteroatoms. The number of fused-ring (bicyclic) bond motifs is 1. The lowest BCUT2D eigenvalue weighted by Crippen LogP contribution is -2.68. The Morgan fingerprint density at radius 3 is 1.85 bits per heavy atom. The molecule has 5 fully saturated rings. The number of halogens is 8. The van der Waals surface area contributed by atoms with Crippen LogP contribution < -0.4 is 16.0 Å². The quantitative estimate of drug-likeness (QED) is 0.103. The molecule has 3 aliphatic heterocycles. The number of morpholine rings is 1. The van der Waals surface area contributed by atoms with Crippen molar-refractivity contribution in [3.05, 3.63) is 95.1 Å². The van der Waals surface area contributed by atoms with Gasteiger partial charge in [0.2, 0.25) is 70.9 Å². The van der Waals surface area contributed by atoms with Gasteiger partial charge in [-0.3, -0.25) is 57.5 Å². The van der Waals surface area contributed by atoms with E-state index in [1.807, 2.05) is 0 Å². The van der Waals surface area contributed by atoms with Crippen LogP contribution in [0.3, 0.4) is 0 Å². The predicted octanol–water partition coefficient (Wildman–Crippen LogP) is 6.70. The minimum absolute atomic E-state index is 0.0219. The largest absolute Gasteiger partial charge is 0.422 e. The van der Waals surface area contributed by atoms with Gasteiger partial charge < -0.3 is 69.5 Å². The molecule has 632 valence electrons. The minimum Gasteiger partial charge on any atom is -0.378 e. The molecule has 2 saturated carbocycles. The van der Waals surface area contributed by atoms with Gasteiger partial charge in [0.05, 0.1) is 44.4 Å². The number of ether oxygens (including phenoxy) is 2. The van der Waals surface area contributed by atoms with Crippen LogP contribution in [0.25, 0.3) is 0 Å². The van der Waals surface area contributed by atoms with Crippen molar-refractivity contribution in [2.24, 2.45) is 17.8 Å². The molecular weight excluding hydrogens is 1500 g/mol. The summed E-state index contributed by atoms with van der Waals surface area (Å²) in [5.41, 5.74) is -5.11. The first-order chi connectivity index (χ1) is 53.5. The lowest BCUT2D eigenvalue weighted by Gasteiger charge is -2.47. The van der Waals surface area contributed by atoms with Crippen LogP contribution in [0.4, 0.5) is 35.1 Å². The van der Waals surface area contributed by atoms with Crippen LogP contribution >= 0.6 is 0 Å². The molecule has 0 unspecified atom stereocenters. The van der Waals surface area contributed by atoms with E-state index in [0.29, 0.717) is 50.7 Å². The van der Waals surface area contributed by atoms with Crippen molar-refractivity contribution >= 4 is 70.9 Å². The first kappa shape index (κ1) is 92.1. The minimum atomic E-state index is -5.47. The zero-order valence-corrected chi connectivity index (χ0v) is 67.3. The van der Waals surface area contributed by atoms with Crippen molar-refractivity contribution in [3.63, 3.8) is 0 Å². The molecule has 2 aromatic rings. The summed E-state index contributed by atoms with van der Waals surface area (Å²) in [6.45, 7) is 15.9. The summed E-state index contributed by atoms with van der Waals surface area (Å²) >= 11 is 0. The maximum atomic E-state index is 15.8. The van der Waals surface area contributed by atoms with Crippen molar-refractivity contribution in [1.29, 1.82) is 0 Å². The van der Waals surface area contributed by atoms with E-state index in [1.165, 1.54) is 58.0 Å². The number of allylic oxidation sites excluding steroid dienone is 1. The van der Waals surface area contributed by atoms with Gasteiger partial charge in [-0.05, 0) is 131 Å². The highest BCUT2D eigenvalue weighted by Gasteiger charge is 2.54. The number of likely N-dealkylation sites (N-methyl/N-ethyl adjacent to an activating group) is 6. The summed E-state index contributed by atoms with van der Waals surface area (Å²) in [4.78, 5) is 193. The van der Waals surface area contributed by atoms with E-state index in [2.05, 4.69) is 29.1 Å². The summed E-state index contributed by atoms with van der Waals surface area (Å²) in [6.07, 6.45) is -9.65. The average Bonchev–Trinajstić information content (AvgIpc) is 1.25. The number of carbonyl (C=O) groups is 12. The number of aryl methyl sites for hydroxylation is 1. The second-order valence-electron chi connectivity index (χ2n) is 31.5. The normalized spacial score (nSPS) is 25.3. The second kappa shape index (κ2) is 40.0. The van der Waals surface area contributed by atoms with Crippen molar-refractivity contribution in [2.75, 3.05) is 101 Å². The summed E-state index contributed by atoms with van der Waals surface area (Å²) in [5, 5.41) is 8.30. The highest BCUT2D eigenvalue weighted by molar-refractivity contribution is 6.01. The van der Waals surface area contributed by atoms with Gasteiger partial charge in [-0.2, -0.15) is 26.3 Å².